The van der Waals surface area contributed by atoms with Gasteiger partial charge >= 0.3 is 0 Å². The Morgan fingerprint density at radius 1 is 1.25 bits per heavy atom. The predicted molar refractivity (Wildman–Crippen MR) is 86.8 cm³/mol. The molecule has 1 spiro atoms. The van der Waals surface area contributed by atoms with Crippen molar-refractivity contribution in [2.24, 2.45) is 11.3 Å². The summed E-state index contributed by atoms with van der Waals surface area (Å²) >= 11 is 0. The lowest BCUT2D eigenvalue weighted by Crippen LogP contribution is -2.52. The first-order chi connectivity index (χ1) is 11.7. The van der Waals surface area contributed by atoms with Crippen LogP contribution in [-0.2, 0) is 16.1 Å². The predicted octanol–water partition coefficient (Wildman–Crippen LogP) is 0.919. The topological polar surface area (TPSA) is 71.3 Å². The molecule has 2 saturated heterocycles. The molecule has 1 aliphatic carbocycles. The summed E-state index contributed by atoms with van der Waals surface area (Å²) in [7, 11) is 0. The number of piperidine rings is 1. The summed E-state index contributed by atoms with van der Waals surface area (Å²) < 4.78 is 1.54. The number of nitrogens with zero attached hydrogens (tertiary/aromatic N) is 5. The standard InChI is InChI=1S/C17H25N5O2/c23-15(10-22-13-18-12-19-22)21-8-6-17(11-21)5-2-7-20(16(17)24)9-14-3-1-4-14/h12-14H,1-11H2/t17-/m1/s1. The highest BCUT2D eigenvalue weighted by Crippen LogP contribution is 2.41. The Morgan fingerprint density at radius 3 is 2.83 bits per heavy atom. The van der Waals surface area contributed by atoms with Crippen molar-refractivity contribution in [3.05, 3.63) is 12.7 Å². The average Bonchev–Trinajstić information content (AvgIpc) is 3.18. The van der Waals surface area contributed by atoms with Crippen molar-refractivity contribution < 1.29 is 9.59 Å². The average molecular weight is 331 g/mol. The first-order valence-electron chi connectivity index (χ1n) is 9.06. The van der Waals surface area contributed by atoms with Crippen molar-refractivity contribution in [2.45, 2.75) is 45.1 Å². The maximum absolute atomic E-state index is 13.1. The molecule has 4 rings (SSSR count). The molecule has 2 amide bonds. The summed E-state index contributed by atoms with van der Waals surface area (Å²) in [6, 6.07) is 0. The Labute approximate surface area is 142 Å². The van der Waals surface area contributed by atoms with Crippen LogP contribution in [-0.4, -0.2) is 62.6 Å². The van der Waals surface area contributed by atoms with Gasteiger partial charge in [-0.15, -0.1) is 0 Å². The van der Waals surface area contributed by atoms with Gasteiger partial charge in [0.15, 0.2) is 0 Å². The maximum atomic E-state index is 13.1. The molecule has 3 aliphatic rings. The molecule has 1 aromatic rings. The molecule has 1 atom stereocenters. The van der Waals surface area contributed by atoms with Gasteiger partial charge in [-0.3, -0.25) is 9.59 Å². The highest BCUT2D eigenvalue weighted by atomic mass is 16.2. The van der Waals surface area contributed by atoms with Crippen molar-refractivity contribution in [3.8, 4) is 0 Å². The van der Waals surface area contributed by atoms with E-state index in [0.29, 0.717) is 19.0 Å². The summed E-state index contributed by atoms with van der Waals surface area (Å²) in [5, 5.41) is 3.99. The Morgan fingerprint density at radius 2 is 2.12 bits per heavy atom. The van der Waals surface area contributed by atoms with E-state index in [9.17, 15) is 9.59 Å². The van der Waals surface area contributed by atoms with Crippen LogP contribution < -0.4 is 0 Å². The first-order valence-corrected chi connectivity index (χ1v) is 9.06. The van der Waals surface area contributed by atoms with Crippen molar-refractivity contribution >= 4 is 11.8 Å². The van der Waals surface area contributed by atoms with E-state index in [1.165, 1.54) is 25.6 Å². The summed E-state index contributed by atoms with van der Waals surface area (Å²) in [5.41, 5.74) is -0.333. The molecular formula is C17H25N5O2. The number of carbonyl (C=O) groups excluding carboxylic acids is 2. The highest BCUT2D eigenvalue weighted by molar-refractivity contribution is 5.86. The second-order valence-electron chi connectivity index (χ2n) is 7.59. The van der Waals surface area contributed by atoms with Gasteiger partial charge in [-0.1, -0.05) is 6.42 Å². The van der Waals surface area contributed by atoms with E-state index in [0.717, 1.165) is 32.4 Å². The zero-order chi connectivity index (χ0) is 16.6. The summed E-state index contributed by atoms with van der Waals surface area (Å²) in [6.07, 6.45) is 9.60. The van der Waals surface area contributed by atoms with Gasteiger partial charge in [-0.05, 0) is 38.0 Å². The van der Waals surface area contributed by atoms with Crippen LogP contribution in [0, 0.1) is 11.3 Å². The number of aromatic nitrogens is 3. The normalized spacial score (nSPS) is 27.8. The highest BCUT2D eigenvalue weighted by Gasteiger charge is 2.49. The second kappa shape index (κ2) is 6.18. The van der Waals surface area contributed by atoms with Gasteiger partial charge < -0.3 is 9.80 Å². The largest absolute Gasteiger partial charge is 0.342 e. The fourth-order valence-electron chi connectivity index (χ4n) is 4.33. The van der Waals surface area contributed by atoms with Gasteiger partial charge in [0, 0.05) is 26.2 Å². The quantitative estimate of drug-likeness (QED) is 0.822. The van der Waals surface area contributed by atoms with E-state index >= 15 is 0 Å². The molecule has 24 heavy (non-hydrogen) atoms. The van der Waals surface area contributed by atoms with E-state index in [-0.39, 0.29) is 23.8 Å². The Hall–Kier alpha value is -1.92. The van der Waals surface area contributed by atoms with Crippen LogP contribution in [0.2, 0.25) is 0 Å². The zero-order valence-electron chi connectivity index (χ0n) is 14.1. The zero-order valence-corrected chi connectivity index (χ0v) is 14.1. The van der Waals surface area contributed by atoms with E-state index in [1.807, 2.05) is 4.90 Å². The molecule has 0 N–H and O–H groups in total. The number of amides is 2. The molecular weight excluding hydrogens is 306 g/mol. The van der Waals surface area contributed by atoms with E-state index in [1.54, 1.807) is 11.0 Å². The van der Waals surface area contributed by atoms with Crippen LogP contribution in [0.1, 0.15) is 38.5 Å². The molecule has 0 unspecified atom stereocenters. The first kappa shape index (κ1) is 15.6. The van der Waals surface area contributed by atoms with Crippen molar-refractivity contribution in [1.82, 2.24) is 24.6 Å². The lowest BCUT2D eigenvalue weighted by atomic mass is 9.77. The van der Waals surface area contributed by atoms with Crippen molar-refractivity contribution in [3.63, 3.8) is 0 Å². The lowest BCUT2D eigenvalue weighted by molar-refractivity contribution is -0.147. The molecule has 0 radical (unpaired) electrons. The van der Waals surface area contributed by atoms with E-state index < -0.39 is 0 Å². The summed E-state index contributed by atoms with van der Waals surface area (Å²) in [5.74, 6) is 1.02. The summed E-state index contributed by atoms with van der Waals surface area (Å²) in [4.78, 5) is 33.3. The molecule has 0 bridgehead atoms. The minimum absolute atomic E-state index is 0.0290. The van der Waals surface area contributed by atoms with Crippen LogP contribution in [0.4, 0.5) is 0 Å². The molecule has 7 nitrogen and oxygen atoms in total. The Kier molecular flexibility index (Phi) is 4.02. The number of rotatable bonds is 4. The second-order valence-corrected chi connectivity index (χ2v) is 7.59. The third-order valence-corrected chi connectivity index (χ3v) is 6.00. The molecule has 3 heterocycles. The third kappa shape index (κ3) is 2.80. The van der Waals surface area contributed by atoms with E-state index in [4.69, 9.17) is 0 Å². The van der Waals surface area contributed by atoms with Crippen LogP contribution in [0.25, 0.3) is 0 Å². The van der Waals surface area contributed by atoms with Crippen LogP contribution in [0.15, 0.2) is 12.7 Å². The maximum Gasteiger partial charge on any atom is 0.244 e. The van der Waals surface area contributed by atoms with Crippen molar-refractivity contribution in [1.29, 1.82) is 0 Å². The Balaban J connectivity index is 1.39. The number of likely N-dealkylation sites (tertiary alicyclic amines) is 2. The number of hydrogen-bond acceptors (Lipinski definition) is 4. The monoisotopic (exact) mass is 331 g/mol. The Bertz CT molecular complexity index is 613. The van der Waals surface area contributed by atoms with Crippen LogP contribution in [0.5, 0.6) is 0 Å². The fourth-order valence-corrected chi connectivity index (χ4v) is 4.33. The minimum atomic E-state index is -0.333. The SMILES string of the molecule is O=C(Cn1cncn1)N1CC[C@]2(CCCN(CC3CCC3)C2=O)C1. The molecule has 1 saturated carbocycles. The van der Waals surface area contributed by atoms with Gasteiger partial charge in [0.1, 0.15) is 19.2 Å². The van der Waals surface area contributed by atoms with E-state index in [2.05, 4.69) is 15.0 Å². The molecule has 3 fully saturated rings. The number of carbonyl (C=O) groups is 2. The molecule has 1 aromatic heterocycles. The van der Waals surface area contributed by atoms with Gasteiger partial charge in [0.05, 0.1) is 5.41 Å². The van der Waals surface area contributed by atoms with Crippen LogP contribution in [0.3, 0.4) is 0 Å². The lowest BCUT2D eigenvalue weighted by Gasteiger charge is -2.42. The third-order valence-electron chi connectivity index (χ3n) is 6.00. The van der Waals surface area contributed by atoms with Crippen LogP contribution >= 0.6 is 0 Å². The van der Waals surface area contributed by atoms with Gasteiger partial charge in [-0.2, -0.15) is 5.10 Å². The minimum Gasteiger partial charge on any atom is -0.342 e. The van der Waals surface area contributed by atoms with Crippen molar-refractivity contribution in [2.75, 3.05) is 26.2 Å². The molecule has 0 aromatic carbocycles. The number of hydrogen-bond donors (Lipinski definition) is 0. The van der Waals surface area contributed by atoms with Gasteiger partial charge in [-0.25, -0.2) is 9.67 Å². The molecule has 7 heteroatoms. The molecule has 2 aliphatic heterocycles. The molecule has 130 valence electrons. The smallest absolute Gasteiger partial charge is 0.244 e. The summed E-state index contributed by atoms with van der Waals surface area (Å²) in [6.45, 7) is 3.27. The fraction of sp³-hybridized carbons (Fsp3) is 0.765. The van der Waals surface area contributed by atoms with Gasteiger partial charge in [0.2, 0.25) is 11.8 Å². The van der Waals surface area contributed by atoms with Gasteiger partial charge in [0.25, 0.3) is 0 Å².